The molecule has 0 aromatic rings. The van der Waals surface area contributed by atoms with Gasteiger partial charge in [-0.25, -0.2) is 0 Å². The zero-order valence-electron chi connectivity index (χ0n) is 41.5. The lowest BCUT2D eigenvalue weighted by atomic mass is 10.0. The number of esters is 1. The SMILES string of the molecule is CCCCC/C=C\CCCCCC(CC(=O)NC(CO)C(O)CCCCCCCCCCCCCCCCC)OC(=O)CCCCCCC/C=C/C=C/CCCCCCCCC. The Balaban J connectivity index is 4.48. The summed E-state index contributed by atoms with van der Waals surface area (Å²) in [5.41, 5.74) is 0. The van der Waals surface area contributed by atoms with E-state index >= 15 is 0 Å². The van der Waals surface area contributed by atoms with Crippen LogP contribution in [0.1, 0.15) is 284 Å². The van der Waals surface area contributed by atoms with Gasteiger partial charge in [0.05, 0.1) is 25.2 Å². The second-order valence-corrected chi connectivity index (χ2v) is 18.7. The second kappa shape index (κ2) is 50.1. The second-order valence-electron chi connectivity index (χ2n) is 18.7. The number of allylic oxidation sites excluding steroid dienone is 6. The third-order valence-electron chi connectivity index (χ3n) is 12.5. The summed E-state index contributed by atoms with van der Waals surface area (Å²) in [6.07, 6.45) is 59.2. The molecule has 0 spiro atoms. The largest absolute Gasteiger partial charge is 0.462 e. The van der Waals surface area contributed by atoms with Crippen LogP contribution in [0.5, 0.6) is 0 Å². The molecule has 3 unspecified atom stereocenters. The van der Waals surface area contributed by atoms with Crippen molar-refractivity contribution in [3.63, 3.8) is 0 Å². The van der Waals surface area contributed by atoms with E-state index in [9.17, 15) is 19.8 Å². The third-order valence-corrected chi connectivity index (χ3v) is 12.5. The van der Waals surface area contributed by atoms with Crippen LogP contribution in [0.2, 0.25) is 0 Å². The Bertz CT molecular complexity index is 1020. The number of hydrogen-bond donors (Lipinski definition) is 3. The molecule has 0 radical (unpaired) electrons. The van der Waals surface area contributed by atoms with Gasteiger partial charge in [-0.2, -0.15) is 0 Å². The van der Waals surface area contributed by atoms with Crippen molar-refractivity contribution in [3.05, 3.63) is 36.5 Å². The summed E-state index contributed by atoms with van der Waals surface area (Å²) in [6, 6.07) is -0.707. The maximum absolute atomic E-state index is 13.2. The van der Waals surface area contributed by atoms with E-state index in [-0.39, 0.29) is 24.9 Å². The maximum atomic E-state index is 13.2. The molecule has 0 fully saturated rings. The molecular formula is C56H105NO5. The highest BCUT2D eigenvalue weighted by Crippen LogP contribution is 2.18. The molecule has 0 saturated heterocycles. The molecule has 0 saturated carbocycles. The van der Waals surface area contributed by atoms with Crippen molar-refractivity contribution in [1.29, 1.82) is 0 Å². The van der Waals surface area contributed by atoms with Crippen LogP contribution in [0.15, 0.2) is 36.5 Å². The van der Waals surface area contributed by atoms with Crippen molar-refractivity contribution in [2.45, 2.75) is 302 Å². The molecule has 0 rings (SSSR count). The lowest BCUT2D eigenvalue weighted by Crippen LogP contribution is -2.46. The van der Waals surface area contributed by atoms with E-state index in [2.05, 4.69) is 62.5 Å². The Morgan fingerprint density at radius 2 is 0.823 bits per heavy atom. The van der Waals surface area contributed by atoms with Crippen molar-refractivity contribution in [1.82, 2.24) is 5.32 Å². The molecule has 0 aliphatic carbocycles. The number of carbonyl (C=O) groups excluding carboxylic acids is 2. The van der Waals surface area contributed by atoms with E-state index < -0.39 is 18.2 Å². The van der Waals surface area contributed by atoms with Crippen LogP contribution in [0.25, 0.3) is 0 Å². The molecule has 6 heteroatoms. The van der Waals surface area contributed by atoms with Gasteiger partial charge in [0.25, 0.3) is 0 Å². The van der Waals surface area contributed by atoms with Gasteiger partial charge in [0.1, 0.15) is 6.10 Å². The van der Waals surface area contributed by atoms with Gasteiger partial charge in [-0.3, -0.25) is 9.59 Å². The van der Waals surface area contributed by atoms with E-state index in [1.165, 1.54) is 154 Å². The Labute approximate surface area is 385 Å². The van der Waals surface area contributed by atoms with Crippen LogP contribution < -0.4 is 5.32 Å². The van der Waals surface area contributed by atoms with Crippen LogP contribution >= 0.6 is 0 Å². The molecule has 6 nitrogen and oxygen atoms in total. The minimum atomic E-state index is -0.792. The first-order chi connectivity index (χ1) is 30.5. The molecule has 3 N–H and O–H groups in total. The highest BCUT2D eigenvalue weighted by atomic mass is 16.5. The van der Waals surface area contributed by atoms with E-state index in [1.54, 1.807) is 0 Å². The molecular weight excluding hydrogens is 767 g/mol. The number of nitrogens with one attached hydrogen (secondary N) is 1. The van der Waals surface area contributed by atoms with Gasteiger partial charge in [-0.05, 0) is 77.0 Å². The van der Waals surface area contributed by atoms with Gasteiger partial charge >= 0.3 is 5.97 Å². The normalized spacial score (nSPS) is 13.4. The van der Waals surface area contributed by atoms with Gasteiger partial charge < -0.3 is 20.3 Å². The predicted octanol–water partition coefficient (Wildman–Crippen LogP) is 16.5. The number of rotatable bonds is 49. The average Bonchev–Trinajstić information content (AvgIpc) is 3.26. The molecule has 62 heavy (non-hydrogen) atoms. The fourth-order valence-corrected chi connectivity index (χ4v) is 8.30. The van der Waals surface area contributed by atoms with Crippen LogP contribution in [0.4, 0.5) is 0 Å². The van der Waals surface area contributed by atoms with Crippen LogP contribution in [-0.2, 0) is 14.3 Å². The maximum Gasteiger partial charge on any atom is 0.306 e. The molecule has 0 heterocycles. The van der Waals surface area contributed by atoms with Gasteiger partial charge in [0.2, 0.25) is 5.91 Å². The van der Waals surface area contributed by atoms with Crippen molar-refractivity contribution in [3.8, 4) is 0 Å². The summed E-state index contributed by atoms with van der Waals surface area (Å²) >= 11 is 0. The lowest BCUT2D eigenvalue weighted by Gasteiger charge is -2.24. The van der Waals surface area contributed by atoms with Crippen LogP contribution in [0.3, 0.4) is 0 Å². The predicted molar refractivity (Wildman–Crippen MR) is 269 cm³/mol. The Morgan fingerprint density at radius 1 is 0.468 bits per heavy atom. The van der Waals surface area contributed by atoms with Gasteiger partial charge in [0.15, 0.2) is 0 Å². The summed E-state index contributed by atoms with van der Waals surface area (Å²) in [7, 11) is 0. The van der Waals surface area contributed by atoms with Gasteiger partial charge in [-0.15, -0.1) is 0 Å². The molecule has 0 aromatic heterocycles. The van der Waals surface area contributed by atoms with Crippen LogP contribution in [0, 0.1) is 0 Å². The Kier molecular flexibility index (Phi) is 48.5. The van der Waals surface area contributed by atoms with Crippen molar-refractivity contribution in [2.24, 2.45) is 0 Å². The van der Waals surface area contributed by atoms with E-state index in [1.807, 2.05) is 0 Å². The first-order valence-corrected chi connectivity index (χ1v) is 27.2. The molecule has 1 amide bonds. The number of aliphatic hydroxyl groups is 2. The molecule has 0 aromatic carbocycles. The smallest absolute Gasteiger partial charge is 0.306 e. The highest BCUT2D eigenvalue weighted by Gasteiger charge is 2.24. The minimum absolute atomic E-state index is 0.0626. The fourth-order valence-electron chi connectivity index (χ4n) is 8.30. The summed E-state index contributed by atoms with van der Waals surface area (Å²) in [5.74, 6) is -0.499. The van der Waals surface area contributed by atoms with Crippen molar-refractivity contribution >= 4 is 11.9 Å². The number of amides is 1. The van der Waals surface area contributed by atoms with Crippen molar-refractivity contribution < 1.29 is 24.5 Å². The Morgan fingerprint density at radius 3 is 1.29 bits per heavy atom. The lowest BCUT2D eigenvalue weighted by molar-refractivity contribution is -0.151. The zero-order valence-corrected chi connectivity index (χ0v) is 41.5. The quantitative estimate of drug-likeness (QED) is 0.0245. The minimum Gasteiger partial charge on any atom is -0.462 e. The molecule has 0 aliphatic rings. The summed E-state index contributed by atoms with van der Waals surface area (Å²) in [5, 5.41) is 23.8. The monoisotopic (exact) mass is 872 g/mol. The summed E-state index contributed by atoms with van der Waals surface area (Å²) in [6.45, 7) is 6.46. The zero-order chi connectivity index (χ0) is 45.2. The first kappa shape index (κ1) is 60.1. The highest BCUT2D eigenvalue weighted by molar-refractivity contribution is 5.77. The standard InChI is InChI=1S/C56H105NO5/c1-4-7-10-13-16-19-22-24-26-27-28-30-32-34-37-40-43-46-49-56(61)62-52(47-44-41-38-35-21-18-15-12-9-6-3)50-55(60)57-53(51-58)54(59)48-45-42-39-36-33-31-29-25-23-20-17-14-11-8-5-2/h18,21,26-28,30,52-54,58-59H,4-17,19-20,22-25,29,31-51H2,1-3H3,(H,57,60)/b21-18-,27-26+,30-28+. The summed E-state index contributed by atoms with van der Waals surface area (Å²) in [4.78, 5) is 26.1. The molecule has 3 atom stereocenters. The first-order valence-electron chi connectivity index (χ1n) is 27.2. The van der Waals surface area contributed by atoms with Crippen molar-refractivity contribution in [2.75, 3.05) is 6.61 Å². The molecule has 0 aliphatic heterocycles. The summed E-state index contributed by atoms with van der Waals surface area (Å²) < 4.78 is 5.92. The fraction of sp³-hybridized carbons (Fsp3) is 0.857. The van der Waals surface area contributed by atoms with Gasteiger partial charge in [-0.1, -0.05) is 231 Å². The average molecular weight is 872 g/mol. The van der Waals surface area contributed by atoms with Crippen LogP contribution in [-0.4, -0.2) is 46.9 Å². The number of carbonyl (C=O) groups is 2. The number of aliphatic hydroxyl groups excluding tert-OH is 2. The van der Waals surface area contributed by atoms with Gasteiger partial charge in [0, 0.05) is 6.42 Å². The van der Waals surface area contributed by atoms with E-state index in [4.69, 9.17) is 4.74 Å². The third kappa shape index (κ3) is 44.7. The number of ether oxygens (including phenoxy) is 1. The van der Waals surface area contributed by atoms with E-state index in [0.717, 1.165) is 83.5 Å². The molecule has 0 bridgehead atoms. The number of unbranched alkanes of at least 4 members (excludes halogenated alkanes) is 32. The topological polar surface area (TPSA) is 95.9 Å². The number of hydrogen-bond acceptors (Lipinski definition) is 5. The van der Waals surface area contributed by atoms with E-state index in [0.29, 0.717) is 19.3 Å². The Hall–Kier alpha value is -1.92. The molecule has 364 valence electrons.